The SMILES string of the molecule is OC(CCSC(F)(F)C(F)F)Cn1cncn1. The molecular weight excluding hydrogens is 262 g/mol. The van der Waals surface area contributed by atoms with E-state index in [1.54, 1.807) is 0 Å². The van der Waals surface area contributed by atoms with E-state index < -0.39 is 17.8 Å². The number of aromatic nitrogens is 3. The molecule has 98 valence electrons. The number of halogens is 4. The molecule has 1 rings (SSSR count). The normalized spacial score (nSPS) is 14.2. The van der Waals surface area contributed by atoms with E-state index in [9.17, 15) is 22.7 Å². The molecule has 0 amide bonds. The maximum atomic E-state index is 12.5. The van der Waals surface area contributed by atoms with Crippen LogP contribution in [0.2, 0.25) is 0 Å². The van der Waals surface area contributed by atoms with Gasteiger partial charge in [-0.2, -0.15) is 13.9 Å². The van der Waals surface area contributed by atoms with Gasteiger partial charge in [-0.05, 0) is 6.42 Å². The Morgan fingerprint density at radius 3 is 2.65 bits per heavy atom. The lowest BCUT2D eigenvalue weighted by molar-refractivity contribution is -0.0564. The molecule has 0 radical (unpaired) electrons. The van der Waals surface area contributed by atoms with Crippen molar-refractivity contribution in [2.24, 2.45) is 0 Å². The van der Waals surface area contributed by atoms with Gasteiger partial charge in [0.15, 0.2) is 0 Å². The minimum absolute atomic E-state index is 0.0210. The second-order valence-electron chi connectivity index (χ2n) is 3.27. The highest BCUT2D eigenvalue weighted by molar-refractivity contribution is 8.00. The molecule has 0 aliphatic rings. The quantitative estimate of drug-likeness (QED) is 0.767. The minimum Gasteiger partial charge on any atom is -0.391 e. The third-order valence-electron chi connectivity index (χ3n) is 1.86. The number of nitrogens with zero attached hydrogens (tertiary/aromatic N) is 3. The Bertz CT molecular complexity index is 323. The van der Waals surface area contributed by atoms with Crippen LogP contribution in [-0.4, -0.2) is 43.4 Å². The molecule has 9 heteroatoms. The Labute approximate surface area is 99.0 Å². The standard InChI is InChI=1S/C8H11F4N3OS/c9-7(10)8(11,12)17-2-1-6(16)3-15-5-13-4-14-15/h4-7,16H,1-3H2. The van der Waals surface area contributed by atoms with E-state index in [1.165, 1.54) is 17.3 Å². The van der Waals surface area contributed by atoms with Crippen LogP contribution in [0.5, 0.6) is 0 Å². The fourth-order valence-electron chi connectivity index (χ4n) is 1.03. The van der Waals surface area contributed by atoms with Crippen molar-refractivity contribution in [3.63, 3.8) is 0 Å². The molecule has 0 aliphatic heterocycles. The summed E-state index contributed by atoms with van der Waals surface area (Å²) in [6.07, 6.45) is -2.00. The lowest BCUT2D eigenvalue weighted by atomic mass is 10.3. The number of hydrogen-bond donors (Lipinski definition) is 1. The van der Waals surface area contributed by atoms with Gasteiger partial charge < -0.3 is 5.11 Å². The number of thioether (sulfide) groups is 1. The summed E-state index contributed by atoms with van der Waals surface area (Å²) in [6, 6.07) is 0. The molecule has 0 aromatic carbocycles. The van der Waals surface area contributed by atoms with Crippen molar-refractivity contribution in [3.8, 4) is 0 Å². The fourth-order valence-corrected chi connectivity index (χ4v) is 1.82. The average Bonchev–Trinajstić information content (AvgIpc) is 2.69. The van der Waals surface area contributed by atoms with Crippen LogP contribution >= 0.6 is 11.8 Å². The van der Waals surface area contributed by atoms with Crippen LogP contribution in [0.25, 0.3) is 0 Å². The van der Waals surface area contributed by atoms with Crippen molar-refractivity contribution < 1.29 is 22.7 Å². The van der Waals surface area contributed by atoms with E-state index in [0.717, 1.165) is 0 Å². The van der Waals surface area contributed by atoms with Gasteiger partial charge in [-0.15, -0.1) is 0 Å². The minimum atomic E-state index is -4.06. The second-order valence-corrected chi connectivity index (χ2v) is 4.51. The predicted octanol–water partition coefficient (Wildman–Crippen LogP) is 1.62. The van der Waals surface area contributed by atoms with Gasteiger partial charge >= 0.3 is 11.7 Å². The zero-order valence-corrected chi connectivity index (χ0v) is 9.46. The van der Waals surface area contributed by atoms with Gasteiger partial charge in [0.2, 0.25) is 0 Å². The monoisotopic (exact) mass is 273 g/mol. The Kier molecular flexibility index (Phi) is 5.19. The zero-order valence-electron chi connectivity index (χ0n) is 8.64. The van der Waals surface area contributed by atoms with Crippen molar-refractivity contribution in [2.75, 3.05) is 5.75 Å². The molecular formula is C8H11F4N3OS. The van der Waals surface area contributed by atoms with E-state index in [0.29, 0.717) is 0 Å². The molecule has 0 bridgehead atoms. The van der Waals surface area contributed by atoms with Crippen LogP contribution in [0.1, 0.15) is 6.42 Å². The summed E-state index contributed by atoms with van der Waals surface area (Å²) in [5.74, 6) is -0.257. The van der Waals surface area contributed by atoms with Gasteiger partial charge in [-0.1, -0.05) is 11.8 Å². The highest BCUT2D eigenvalue weighted by Gasteiger charge is 2.41. The van der Waals surface area contributed by atoms with Crippen LogP contribution in [0.15, 0.2) is 12.7 Å². The Morgan fingerprint density at radius 2 is 2.12 bits per heavy atom. The molecule has 1 atom stereocenters. The van der Waals surface area contributed by atoms with E-state index in [1.807, 2.05) is 0 Å². The highest BCUT2D eigenvalue weighted by atomic mass is 32.2. The fraction of sp³-hybridized carbons (Fsp3) is 0.750. The van der Waals surface area contributed by atoms with Gasteiger partial charge in [-0.25, -0.2) is 13.8 Å². The van der Waals surface area contributed by atoms with Gasteiger partial charge in [0.05, 0.1) is 12.6 Å². The van der Waals surface area contributed by atoms with Gasteiger partial charge in [0.1, 0.15) is 12.7 Å². The first-order chi connectivity index (χ1) is 7.92. The average molecular weight is 273 g/mol. The first-order valence-electron chi connectivity index (χ1n) is 4.72. The topological polar surface area (TPSA) is 50.9 Å². The zero-order chi connectivity index (χ0) is 12.9. The molecule has 0 aliphatic carbocycles. The lowest BCUT2D eigenvalue weighted by Crippen LogP contribution is -2.24. The molecule has 1 heterocycles. The lowest BCUT2D eigenvalue weighted by Gasteiger charge is -2.15. The molecule has 1 unspecified atom stereocenters. The molecule has 1 aromatic rings. The second kappa shape index (κ2) is 6.20. The third-order valence-corrected chi connectivity index (χ3v) is 2.87. The van der Waals surface area contributed by atoms with Crippen molar-refractivity contribution in [3.05, 3.63) is 12.7 Å². The Balaban J connectivity index is 2.22. The molecule has 0 fully saturated rings. The number of alkyl halides is 4. The van der Waals surface area contributed by atoms with Crippen molar-refractivity contribution >= 4 is 11.8 Å². The third kappa shape index (κ3) is 4.90. The summed E-state index contributed by atoms with van der Waals surface area (Å²) in [6.45, 7) is 0.0980. The van der Waals surface area contributed by atoms with Crippen molar-refractivity contribution in [1.29, 1.82) is 0 Å². The summed E-state index contributed by atoms with van der Waals surface area (Å²) in [7, 11) is 0. The Hall–Kier alpha value is -0.830. The highest BCUT2D eigenvalue weighted by Crippen LogP contribution is 2.35. The number of hydrogen-bond acceptors (Lipinski definition) is 4. The van der Waals surface area contributed by atoms with Gasteiger partial charge in [0, 0.05) is 5.75 Å². The summed E-state index contributed by atoms with van der Waals surface area (Å²) < 4.78 is 49.9. The predicted molar refractivity (Wildman–Crippen MR) is 54.1 cm³/mol. The molecule has 0 saturated carbocycles. The van der Waals surface area contributed by atoms with Gasteiger partial charge in [-0.3, -0.25) is 4.68 Å². The molecule has 17 heavy (non-hydrogen) atoms. The summed E-state index contributed by atoms with van der Waals surface area (Å²) in [5.41, 5.74) is 0. The number of aliphatic hydroxyl groups excluding tert-OH is 1. The number of aliphatic hydroxyl groups is 1. The van der Waals surface area contributed by atoms with Crippen molar-refractivity contribution in [2.45, 2.75) is 30.7 Å². The molecule has 4 nitrogen and oxygen atoms in total. The first-order valence-corrected chi connectivity index (χ1v) is 5.71. The summed E-state index contributed by atoms with van der Waals surface area (Å²) in [5, 5.41) is 9.07. The molecule has 0 spiro atoms. The maximum Gasteiger partial charge on any atom is 0.353 e. The van der Waals surface area contributed by atoms with Crippen LogP contribution in [0, 0.1) is 0 Å². The molecule has 1 N–H and O–H groups in total. The van der Waals surface area contributed by atoms with E-state index in [2.05, 4.69) is 10.1 Å². The van der Waals surface area contributed by atoms with E-state index in [4.69, 9.17) is 0 Å². The van der Waals surface area contributed by atoms with Gasteiger partial charge in [0.25, 0.3) is 0 Å². The molecule has 1 aromatic heterocycles. The summed E-state index contributed by atoms with van der Waals surface area (Å²) in [4.78, 5) is 3.63. The van der Waals surface area contributed by atoms with Crippen LogP contribution < -0.4 is 0 Å². The maximum absolute atomic E-state index is 12.5. The smallest absolute Gasteiger partial charge is 0.353 e. The summed E-state index contributed by atoms with van der Waals surface area (Å²) >= 11 is -0.161. The van der Waals surface area contributed by atoms with E-state index >= 15 is 0 Å². The van der Waals surface area contributed by atoms with Crippen LogP contribution in [-0.2, 0) is 6.54 Å². The number of rotatable bonds is 7. The largest absolute Gasteiger partial charge is 0.391 e. The first kappa shape index (κ1) is 14.2. The van der Waals surface area contributed by atoms with Crippen molar-refractivity contribution in [1.82, 2.24) is 14.8 Å². The van der Waals surface area contributed by atoms with E-state index in [-0.39, 0.29) is 30.5 Å². The Morgan fingerprint density at radius 1 is 1.41 bits per heavy atom. The molecule has 0 saturated heterocycles. The van der Waals surface area contributed by atoms with Crippen LogP contribution in [0.3, 0.4) is 0 Å². The van der Waals surface area contributed by atoms with Crippen LogP contribution in [0.4, 0.5) is 17.6 Å².